The van der Waals surface area contributed by atoms with Crippen LogP contribution in [0.4, 0.5) is 11.7 Å². The summed E-state index contributed by atoms with van der Waals surface area (Å²) in [6.45, 7) is 0. The Morgan fingerprint density at radius 1 is 1.12 bits per heavy atom. The molecule has 7 nitrogen and oxygen atoms in total. The minimum atomic E-state index is 0.592. The fraction of sp³-hybridized carbons (Fsp3) is 0.105. The van der Waals surface area contributed by atoms with Crippen molar-refractivity contribution in [1.29, 1.82) is 0 Å². The lowest BCUT2D eigenvalue weighted by Gasteiger charge is -2.17. The van der Waals surface area contributed by atoms with Crippen LogP contribution >= 0.6 is 0 Å². The van der Waals surface area contributed by atoms with Crippen LogP contribution in [0.5, 0.6) is 5.75 Å². The molecule has 26 heavy (non-hydrogen) atoms. The average Bonchev–Trinajstić information content (AvgIpc) is 3.39. The van der Waals surface area contributed by atoms with E-state index in [1.165, 1.54) is 0 Å². The minimum Gasteiger partial charge on any atom is -0.497 e. The number of rotatable bonds is 5. The van der Waals surface area contributed by atoms with Crippen molar-refractivity contribution in [3.63, 3.8) is 0 Å². The van der Waals surface area contributed by atoms with Crippen molar-refractivity contribution in [2.45, 2.75) is 0 Å². The van der Waals surface area contributed by atoms with Gasteiger partial charge < -0.3 is 9.15 Å². The molecule has 4 rings (SSSR count). The third-order valence-electron chi connectivity index (χ3n) is 4.01. The lowest BCUT2D eigenvalue weighted by molar-refractivity contribution is 0.415. The molecule has 3 aromatic heterocycles. The van der Waals surface area contributed by atoms with Crippen LogP contribution in [0.1, 0.15) is 0 Å². The maximum absolute atomic E-state index is 5.47. The number of methoxy groups -OCH3 is 1. The molecular formula is C19H17N5O2. The van der Waals surface area contributed by atoms with E-state index in [0.717, 1.165) is 22.7 Å². The third-order valence-corrected chi connectivity index (χ3v) is 4.01. The predicted molar refractivity (Wildman–Crippen MR) is 98.4 cm³/mol. The molecule has 0 saturated carbocycles. The van der Waals surface area contributed by atoms with Gasteiger partial charge in [0.1, 0.15) is 11.6 Å². The van der Waals surface area contributed by atoms with Gasteiger partial charge in [0, 0.05) is 24.9 Å². The lowest BCUT2D eigenvalue weighted by atomic mass is 10.2. The Hall–Kier alpha value is -3.61. The van der Waals surface area contributed by atoms with E-state index in [4.69, 9.17) is 9.15 Å². The Morgan fingerprint density at radius 3 is 2.85 bits per heavy atom. The van der Waals surface area contributed by atoms with Crippen molar-refractivity contribution in [2.24, 2.45) is 0 Å². The number of ether oxygens (including phenoxy) is 1. The van der Waals surface area contributed by atoms with Gasteiger partial charge in [0.25, 0.3) is 0 Å². The molecule has 7 heteroatoms. The van der Waals surface area contributed by atoms with E-state index >= 15 is 0 Å². The highest BCUT2D eigenvalue weighted by Crippen LogP contribution is 2.31. The average molecular weight is 347 g/mol. The number of hydrogen-bond acceptors (Lipinski definition) is 6. The Labute approximate surface area is 150 Å². The monoisotopic (exact) mass is 347 g/mol. The third kappa shape index (κ3) is 2.90. The van der Waals surface area contributed by atoms with Crippen molar-refractivity contribution >= 4 is 11.7 Å². The fourth-order valence-electron chi connectivity index (χ4n) is 2.69. The molecule has 1 aromatic carbocycles. The van der Waals surface area contributed by atoms with Crippen molar-refractivity contribution in [3.05, 3.63) is 61.0 Å². The van der Waals surface area contributed by atoms with Crippen LogP contribution in [-0.2, 0) is 0 Å². The zero-order valence-corrected chi connectivity index (χ0v) is 14.4. The molecule has 0 aliphatic heterocycles. The summed E-state index contributed by atoms with van der Waals surface area (Å²) >= 11 is 0. The molecule has 0 amide bonds. The van der Waals surface area contributed by atoms with Gasteiger partial charge in [-0.15, -0.1) is 0 Å². The van der Waals surface area contributed by atoms with Crippen LogP contribution < -0.4 is 9.64 Å². The molecule has 0 fully saturated rings. The molecule has 0 aliphatic carbocycles. The summed E-state index contributed by atoms with van der Waals surface area (Å²) in [7, 11) is 3.53. The number of benzene rings is 1. The standard InChI is InChI=1S/C19H17N5O2/c1-24(16-9-5-11-26-16)19-15(8-4-10-20-19)18-21-17(22-23-18)13-6-3-7-14(12-13)25-2/h3-12H,1-2H3,(H,21,22,23). The SMILES string of the molecule is COc1cccc(-c2n[nH]c(-c3cccnc3N(C)c3ccco3)n2)c1. The van der Waals surface area contributed by atoms with E-state index < -0.39 is 0 Å². The zero-order chi connectivity index (χ0) is 17.9. The molecule has 0 bridgehead atoms. The summed E-state index contributed by atoms with van der Waals surface area (Å²) in [6.07, 6.45) is 3.36. The van der Waals surface area contributed by atoms with Gasteiger partial charge in [-0.1, -0.05) is 12.1 Å². The van der Waals surface area contributed by atoms with Crippen molar-refractivity contribution in [3.8, 4) is 28.5 Å². The topological polar surface area (TPSA) is 80.1 Å². The Morgan fingerprint density at radius 2 is 2.04 bits per heavy atom. The molecule has 3 heterocycles. The maximum Gasteiger partial charge on any atom is 0.200 e. The van der Waals surface area contributed by atoms with Gasteiger partial charge in [-0.3, -0.25) is 10.00 Å². The first-order chi connectivity index (χ1) is 12.8. The quantitative estimate of drug-likeness (QED) is 0.590. The van der Waals surface area contributed by atoms with Gasteiger partial charge in [-0.2, -0.15) is 5.10 Å². The summed E-state index contributed by atoms with van der Waals surface area (Å²) in [5, 5.41) is 7.34. The molecule has 0 radical (unpaired) electrons. The number of anilines is 2. The number of aromatic amines is 1. The molecule has 1 N–H and O–H groups in total. The molecule has 0 aliphatic rings. The van der Waals surface area contributed by atoms with E-state index in [2.05, 4.69) is 20.2 Å². The second-order valence-corrected chi connectivity index (χ2v) is 5.62. The van der Waals surface area contributed by atoms with E-state index in [9.17, 15) is 0 Å². The van der Waals surface area contributed by atoms with E-state index in [1.807, 2.05) is 60.5 Å². The van der Waals surface area contributed by atoms with Gasteiger partial charge in [0.15, 0.2) is 11.6 Å². The molecule has 0 unspecified atom stereocenters. The van der Waals surface area contributed by atoms with E-state index in [-0.39, 0.29) is 0 Å². The highest BCUT2D eigenvalue weighted by molar-refractivity contribution is 5.75. The number of nitrogens with zero attached hydrogens (tertiary/aromatic N) is 4. The number of pyridine rings is 1. The molecule has 4 aromatic rings. The molecular weight excluding hydrogens is 330 g/mol. The maximum atomic E-state index is 5.47. The van der Waals surface area contributed by atoms with Gasteiger partial charge >= 0.3 is 0 Å². The van der Waals surface area contributed by atoms with Gasteiger partial charge in [-0.05, 0) is 30.3 Å². The first-order valence-corrected chi connectivity index (χ1v) is 8.05. The van der Waals surface area contributed by atoms with Crippen molar-refractivity contribution in [1.82, 2.24) is 20.2 Å². The molecule has 130 valence electrons. The number of furan rings is 1. The summed E-state index contributed by atoms with van der Waals surface area (Å²) in [4.78, 5) is 11.0. The molecule has 0 atom stereocenters. The van der Waals surface area contributed by atoms with Crippen LogP contribution in [0.2, 0.25) is 0 Å². The second kappa shape index (κ2) is 6.72. The number of nitrogens with one attached hydrogen (secondary N) is 1. The van der Waals surface area contributed by atoms with E-state index in [0.29, 0.717) is 17.5 Å². The highest BCUT2D eigenvalue weighted by Gasteiger charge is 2.17. The fourth-order valence-corrected chi connectivity index (χ4v) is 2.69. The number of H-pyrrole nitrogens is 1. The second-order valence-electron chi connectivity index (χ2n) is 5.62. The normalized spacial score (nSPS) is 10.7. The number of aromatic nitrogens is 4. The Bertz CT molecular complexity index is 1010. The largest absolute Gasteiger partial charge is 0.497 e. The first kappa shape index (κ1) is 15.9. The van der Waals surface area contributed by atoms with Crippen LogP contribution in [0.3, 0.4) is 0 Å². The minimum absolute atomic E-state index is 0.592. The van der Waals surface area contributed by atoms with Crippen molar-refractivity contribution in [2.75, 3.05) is 19.1 Å². The van der Waals surface area contributed by atoms with Crippen LogP contribution in [-0.4, -0.2) is 34.3 Å². The van der Waals surface area contributed by atoms with Gasteiger partial charge in [0.05, 0.1) is 18.9 Å². The predicted octanol–water partition coefficient (Wildman–Crippen LogP) is 3.90. The first-order valence-electron chi connectivity index (χ1n) is 8.05. The summed E-state index contributed by atoms with van der Waals surface area (Å²) in [5.74, 6) is 3.39. The number of hydrogen-bond donors (Lipinski definition) is 1. The van der Waals surface area contributed by atoms with Crippen molar-refractivity contribution < 1.29 is 9.15 Å². The summed E-state index contributed by atoms with van der Waals surface area (Å²) < 4.78 is 10.7. The van der Waals surface area contributed by atoms with Crippen LogP contribution in [0.15, 0.2) is 65.4 Å². The van der Waals surface area contributed by atoms with E-state index in [1.54, 1.807) is 19.6 Å². The lowest BCUT2D eigenvalue weighted by Crippen LogP contribution is -2.11. The molecule has 0 saturated heterocycles. The summed E-state index contributed by atoms with van der Waals surface area (Å²) in [5.41, 5.74) is 1.70. The van der Waals surface area contributed by atoms with Crippen LogP contribution in [0, 0.1) is 0 Å². The molecule has 0 spiro atoms. The highest BCUT2D eigenvalue weighted by atomic mass is 16.5. The van der Waals surface area contributed by atoms with Gasteiger partial charge in [0.2, 0.25) is 5.88 Å². The van der Waals surface area contributed by atoms with Gasteiger partial charge in [-0.25, -0.2) is 9.97 Å². The zero-order valence-electron chi connectivity index (χ0n) is 14.4. The Balaban J connectivity index is 1.72. The van der Waals surface area contributed by atoms with Crippen LogP contribution in [0.25, 0.3) is 22.8 Å². The summed E-state index contributed by atoms with van der Waals surface area (Å²) in [6, 6.07) is 15.1. The Kier molecular flexibility index (Phi) is 4.10. The smallest absolute Gasteiger partial charge is 0.200 e.